The molecule has 0 N–H and O–H groups in total. The van der Waals surface area contributed by atoms with Gasteiger partial charge >= 0.3 is 0 Å². The summed E-state index contributed by atoms with van der Waals surface area (Å²) in [6, 6.07) is 7.20. The zero-order chi connectivity index (χ0) is 19.8. The lowest BCUT2D eigenvalue weighted by Gasteiger charge is -2.38. The fourth-order valence-corrected chi connectivity index (χ4v) is 5.77. The van der Waals surface area contributed by atoms with Crippen LogP contribution in [0, 0.1) is 25.7 Å². The van der Waals surface area contributed by atoms with Gasteiger partial charge in [0, 0.05) is 0 Å². The fourth-order valence-electron chi connectivity index (χ4n) is 5.77. The van der Waals surface area contributed by atoms with E-state index in [1.807, 2.05) is 0 Å². The summed E-state index contributed by atoms with van der Waals surface area (Å²) in [6.45, 7) is 6.85. The van der Waals surface area contributed by atoms with Gasteiger partial charge in [-0.15, -0.1) is 0 Å². The topological polar surface area (TPSA) is 0 Å². The van der Waals surface area contributed by atoms with Gasteiger partial charge < -0.3 is 0 Å². The van der Waals surface area contributed by atoms with Crippen molar-refractivity contribution in [3.05, 3.63) is 58.7 Å². The van der Waals surface area contributed by atoms with Crippen molar-refractivity contribution < 1.29 is 0 Å². The minimum Gasteiger partial charge on any atom is -0.0840 e. The fraction of sp³-hybridized carbons (Fsp3) is 0.643. The van der Waals surface area contributed by atoms with E-state index in [2.05, 4.69) is 57.2 Å². The molecular formula is C28H42. The van der Waals surface area contributed by atoms with Crippen molar-refractivity contribution in [2.75, 3.05) is 0 Å². The Kier molecular flexibility index (Phi) is 8.44. The summed E-state index contributed by atoms with van der Waals surface area (Å²) < 4.78 is 0. The van der Waals surface area contributed by atoms with E-state index in [1.54, 1.807) is 5.56 Å². The van der Waals surface area contributed by atoms with E-state index in [1.165, 1.54) is 93.7 Å². The summed E-state index contributed by atoms with van der Waals surface area (Å²) in [4.78, 5) is 0. The van der Waals surface area contributed by atoms with E-state index >= 15 is 0 Å². The summed E-state index contributed by atoms with van der Waals surface area (Å²) in [5, 5.41) is 0. The summed E-state index contributed by atoms with van der Waals surface area (Å²) in [6.07, 6.45) is 24.1. The van der Waals surface area contributed by atoms with Gasteiger partial charge in [0.15, 0.2) is 0 Å². The Morgan fingerprint density at radius 3 is 2.39 bits per heavy atom. The molecule has 1 fully saturated rings. The Hall–Kier alpha value is -1.30. The van der Waals surface area contributed by atoms with Crippen LogP contribution in [0.15, 0.2) is 42.0 Å². The van der Waals surface area contributed by atoms with Gasteiger partial charge in [0.1, 0.15) is 0 Å². The smallest absolute Gasteiger partial charge is 0.0128 e. The monoisotopic (exact) mass is 378 g/mol. The highest BCUT2D eigenvalue weighted by atomic mass is 14.4. The summed E-state index contributed by atoms with van der Waals surface area (Å²) >= 11 is 0. The van der Waals surface area contributed by atoms with Gasteiger partial charge in [-0.05, 0) is 88.2 Å². The molecule has 0 heteroatoms. The molecule has 3 rings (SSSR count). The van der Waals surface area contributed by atoms with E-state index < -0.39 is 0 Å². The summed E-state index contributed by atoms with van der Waals surface area (Å²) in [5.74, 6) is 2.50. The lowest BCUT2D eigenvalue weighted by molar-refractivity contribution is 0.199. The van der Waals surface area contributed by atoms with Crippen LogP contribution in [-0.2, 0) is 0 Å². The van der Waals surface area contributed by atoms with E-state index in [0.717, 1.165) is 17.8 Å². The Morgan fingerprint density at radius 1 is 0.786 bits per heavy atom. The molecule has 0 spiro atoms. The van der Waals surface area contributed by atoms with Crippen molar-refractivity contribution in [2.45, 2.75) is 104 Å². The van der Waals surface area contributed by atoms with Crippen LogP contribution in [0.25, 0.3) is 0 Å². The predicted octanol–water partition coefficient (Wildman–Crippen LogP) is 8.83. The lowest BCUT2D eigenvalue weighted by Crippen LogP contribution is -2.26. The third kappa shape index (κ3) is 6.10. The zero-order valence-corrected chi connectivity index (χ0v) is 18.7. The highest BCUT2D eigenvalue weighted by Gasteiger charge is 2.32. The molecule has 0 bridgehead atoms. The molecule has 1 aromatic carbocycles. The van der Waals surface area contributed by atoms with Crippen molar-refractivity contribution in [3.63, 3.8) is 0 Å². The molecule has 0 saturated heterocycles. The van der Waals surface area contributed by atoms with Crippen LogP contribution in [0.4, 0.5) is 0 Å². The summed E-state index contributed by atoms with van der Waals surface area (Å²) in [7, 11) is 0. The third-order valence-corrected chi connectivity index (χ3v) is 7.31. The maximum absolute atomic E-state index is 2.50. The van der Waals surface area contributed by atoms with E-state index in [-0.39, 0.29) is 0 Å². The van der Waals surface area contributed by atoms with Gasteiger partial charge in [-0.1, -0.05) is 86.1 Å². The van der Waals surface area contributed by atoms with Crippen LogP contribution in [0.1, 0.15) is 107 Å². The molecule has 0 heterocycles. The molecule has 0 aromatic heterocycles. The molecule has 0 nitrogen and oxygen atoms in total. The maximum Gasteiger partial charge on any atom is -0.0128 e. The number of benzene rings is 1. The average Bonchev–Trinajstić information content (AvgIpc) is 2.70. The summed E-state index contributed by atoms with van der Waals surface area (Å²) in [5.41, 5.74) is 6.04. The van der Waals surface area contributed by atoms with Crippen molar-refractivity contribution >= 4 is 0 Å². The van der Waals surface area contributed by atoms with Crippen molar-refractivity contribution in [2.24, 2.45) is 11.8 Å². The second-order valence-electron chi connectivity index (χ2n) is 9.61. The molecule has 0 amide bonds. The predicted molar refractivity (Wildman–Crippen MR) is 124 cm³/mol. The van der Waals surface area contributed by atoms with Crippen LogP contribution in [0.2, 0.25) is 0 Å². The van der Waals surface area contributed by atoms with Crippen molar-refractivity contribution in [1.29, 1.82) is 0 Å². The number of hydrogen-bond acceptors (Lipinski definition) is 0. The molecule has 154 valence electrons. The van der Waals surface area contributed by atoms with Gasteiger partial charge in [-0.2, -0.15) is 0 Å². The second kappa shape index (κ2) is 11.0. The number of aryl methyl sites for hydroxylation is 2. The Bertz CT molecular complexity index is 663. The van der Waals surface area contributed by atoms with Crippen LogP contribution >= 0.6 is 0 Å². The Morgan fingerprint density at radius 2 is 1.54 bits per heavy atom. The molecule has 2 aliphatic rings. The molecule has 3 unspecified atom stereocenters. The molecule has 28 heavy (non-hydrogen) atoms. The highest BCUT2D eigenvalue weighted by molar-refractivity contribution is 5.34. The normalized spacial score (nSPS) is 31.0. The Balaban J connectivity index is 1.79. The van der Waals surface area contributed by atoms with E-state index in [9.17, 15) is 0 Å². The molecule has 3 atom stereocenters. The van der Waals surface area contributed by atoms with Gasteiger partial charge in [-0.3, -0.25) is 0 Å². The van der Waals surface area contributed by atoms with Crippen LogP contribution in [0.5, 0.6) is 0 Å². The molecule has 0 radical (unpaired) electrons. The first-order chi connectivity index (χ1) is 13.6. The maximum atomic E-state index is 2.50. The molecular weight excluding hydrogens is 336 g/mol. The minimum atomic E-state index is 0.778. The first kappa shape index (κ1) is 21.4. The number of rotatable bonds is 2. The van der Waals surface area contributed by atoms with Crippen LogP contribution in [-0.4, -0.2) is 0 Å². The molecule has 1 saturated carbocycles. The Labute approximate surface area is 174 Å². The molecule has 2 aliphatic carbocycles. The van der Waals surface area contributed by atoms with Crippen molar-refractivity contribution in [1.82, 2.24) is 0 Å². The van der Waals surface area contributed by atoms with Gasteiger partial charge in [0.25, 0.3) is 0 Å². The SMILES string of the molecule is CC1=C/CCCCCCCC(C2CCCCC2c2ccc(C)cc2C)C/C=C\1. The zero-order valence-electron chi connectivity index (χ0n) is 18.7. The van der Waals surface area contributed by atoms with Gasteiger partial charge in [0.05, 0.1) is 0 Å². The average molecular weight is 379 g/mol. The van der Waals surface area contributed by atoms with E-state index in [4.69, 9.17) is 0 Å². The van der Waals surface area contributed by atoms with Gasteiger partial charge in [0.2, 0.25) is 0 Å². The molecule has 0 aliphatic heterocycles. The minimum absolute atomic E-state index is 0.778. The van der Waals surface area contributed by atoms with Crippen molar-refractivity contribution in [3.8, 4) is 0 Å². The molecule has 1 aromatic rings. The highest BCUT2D eigenvalue weighted by Crippen LogP contribution is 2.45. The number of hydrogen-bond donors (Lipinski definition) is 0. The first-order valence-electron chi connectivity index (χ1n) is 12.1. The first-order valence-corrected chi connectivity index (χ1v) is 12.1. The van der Waals surface area contributed by atoms with Crippen LogP contribution < -0.4 is 0 Å². The quantitative estimate of drug-likeness (QED) is 0.482. The second-order valence-corrected chi connectivity index (χ2v) is 9.61. The standard InChI is InChI=1S/C28H42/c1-22-13-8-6-4-5-7-9-15-25(16-12-14-22)27-17-10-11-18-28(27)26-20-19-23(2)21-24(26)3/h12-14,19-21,25,27-28H,4-11,15-18H2,1-3H3/b14-12-,22-13-. The van der Waals surface area contributed by atoms with Crippen LogP contribution in [0.3, 0.4) is 0 Å². The number of allylic oxidation sites excluding steroid dienone is 4. The third-order valence-electron chi connectivity index (χ3n) is 7.31. The lowest BCUT2D eigenvalue weighted by atomic mass is 9.67. The van der Waals surface area contributed by atoms with Gasteiger partial charge in [-0.25, -0.2) is 0 Å². The largest absolute Gasteiger partial charge is 0.0840 e. The van der Waals surface area contributed by atoms with E-state index in [0.29, 0.717) is 0 Å².